The third-order valence-electron chi connectivity index (χ3n) is 5.33. The average molecular weight is 429 g/mol. The van der Waals surface area contributed by atoms with Gasteiger partial charge in [0.2, 0.25) is 21.8 Å². The molecular formula is C21H23N3O5S. The first-order chi connectivity index (χ1) is 14.5. The topological polar surface area (TPSA) is 105 Å². The molecule has 158 valence electrons. The standard InChI is InChI=1S/C21H23N3O5S/c25-20-13-17(16-6-2-3-7-18(16)23-20)21(26)22-14-15-5-1-4-8-19(15)30(27,28)24-9-11-29-12-10-24/h1-8,17H,9-14H2,(H,22,26)(H,23,25). The molecule has 1 atom stereocenters. The Labute approximate surface area is 175 Å². The molecule has 0 radical (unpaired) electrons. The Kier molecular flexibility index (Phi) is 5.85. The highest BCUT2D eigenvalue weighted by atomic mass is 32.2. The molecule has 1 unspecified atom stereocenters. The fourth-order valence-electron chi connectivity index (χ4n) is 3.78. The van der Waals surface area contributed by atoms with Crippen LogP contribution in [0.2, 0.25) is 0 Å². The number of sulfonamides is 1. The molecule has 0 saturated carbocycles. The van der Waals surface area contributed by atoms with Crippen molar-refractivity contribution in [2.24, 2.45) is 0 Å². The lowest BCUT2D eigenvalue weighted by atomic mass is 9.90. The number of carbonyl (C=O) groups is 2. The summed E-state index contributed by atoms with van der Waals surface area (Å²) in [5.74, 6) is -1.14. The van der Waals surface area contributed by atoms with Crippen molar-refractivity contribution in [2.45, 2.75) is 23.8 Å². The van der Waals surface area contributed by atoms with E-state index in [9.17, 15) is 18.0 Å². The summed E-state index contributed by atoms with van der Waals surface area (Å²) in [5, 5.41) is 5.59. The van der Waals surface area contributed by atoms with E-state index >= 15 is 0 Å². The van der Waals surface area contributed by atoms with E-state index < -0.39 is 15.9 Å². The number of hydrogen-bond acceptors (Lipinski definition) is 5. The van der Waals surface area contributed by atoms with E-state index in [0.717, 1.165) is 5.56 Å². The Morgan fingerprint density at radius 1 is 1.10 bits per heavy atom. The van der Waals surface area contributed by atoms with Gasteiger partial charge in [-0.3, -0.25) is 9.59 Å². The van der Waals surface area contributed by atoms with Crippen LogP contribution in [0.3, 0.4) is 0 Å². The summed E-state index contributed by atoms with van der Waals surface area (Å²) in [4.78, 5) is 25.0. The normalized spacial score (nSPS) is 19.6. The van der Waals surface area contributed by atoms with Gasteiger partial charge in [0.05, 0.1) is 24.0 Å². The molecule has 0 spiro atoms. The number of amides is 2. The van der Waals surface area contributed by atoms with Crippen LogP contribution in [0.4, 0.5) is 5.69 Å². The van der Waals surface area contributed by atoms with Crippen molar-refractivity contribution in [2.75, 3.05) is 31.6 Å². The van der Waals surface area contributed by atoms with E-state index in [1.54, 1.807) is 36.4 Å². The molecule has 1 fully saturated rings. The monoisotopic (exact) mass is 429 g/mol. The summed E-state index contributed by atoms with van der Waals surface area (Å²) in [6.45, 7) is 1.38. The number of ether oxygens (including phenoxy) is 1. The molecule has 9 heteroatoms. The van der Waals surface area contributed by atoms with Gasteiger partial charge >= 0.3 is 0 Å². The molecule has 1 saturated heterocycles. The minimum atomic E-state index is -3.68. The second-order valence-corrected chi connectivity index (χ2v) is 9.14. The van der Waals surface area contributed by atoms with Gasteiger partial charge in [0.1, 0.15) is 0 Å². The van der Waals surface area contributed by atoms with Crippen molar-refractivity contribution in [1.29, 1.82) is 0 Å². The predicted molar refractivity (Wildman–Crippen MR) is 110 cm³/mol. The van der Waals surface area contributed by atoms with Gasteiger partial charge in [-0.15, -0.1) is 0 Å². The molecule has 2 N–H and O–H groups in total. The molecule has 30 heavy (non-hydrogen) atoms. The quantitative estimate of drug-likeness (QED) is 0.749. The maximum absolute atomic E-state index is 13.1. The van der Waals surface area contributed by atoms with Crippen LogP contribution >= 0.6 is 0 Å². The van der Waals surface area contributed by atoms with Crippen LogP contribution in [0.1, 0.15) is 23.5 Å². The highest BCUT2D eigenvalue weighted by Crippen LogP contribution is 2.32. The second-order valence-electron chi connectivity index (χ2n) is 7.23. The summed E-state index contributed by atoms with van der Waals surface area (Å²) in [5.41, 5.74) is 1.89. The largest absolute Gasteiger partial charge is 0.379 e. The van der Waals surface area contributed by atoms with Crippen molar-refractivity contribution < 1.29 is 22.7 Å². The Morgan fingerprint density at radius 3 is 2.60 bits per heavy atom. The van der Waals surface area contributed by atoms with Crippen molar-refractivity contribution in [1.82, 2.24) is 9.62 Å². The first-order valence-corrected chi connectivity index (χ1v) is 11.2. The molecule has 0 bridgehead atoms. The first-order valence-electron chi connectivity index (χ1n) is 9.79. The summed E-state index contributed by atoms with van der Waals surface area (Å²) >= 11 is 0. The van der Waals surface area contributed by atoms with Crippen molar-refractivity contribution in [3.8, 4) is 0 Å². The minimum Gasteiger partial charge on any atom is -0.379 e. The maximum Gasteiger partial charge on any atom is 0.243 e. The highest BCUT2D eigenvalue weighted by Gasteiger charge is 2.31. The number of nitrogens with one attached hydrogen (secondary N) is 2. The third kappa shape index (κ3) is 4.09. The molecule has 8 nitrogen and oxygen atoms in total. The second kappa shape index (κ2) is 8.55. The van der Waals surface area contributed by atoms with E-state index in [1.807, 2.05) is 12.1 Å². The van der Waals surface area contributed by atoms with Crippen LogP contribution in [-0.4, -0.2) is 50.8 Å². The molecule has 0 aromatic heterocycles. The van der Waals surface area contributed by atoms with Crippen LogP contribution in [0.15, 0.2) is 53.4 Å². The fraction of sp³-hybridized carbons (Fsp3) is 0.333. The molecule has 2 heterocycles. The van der Waals surface area contributed by atoms with Gasteiger partial charge in [-0.2, -0.15) is 4.31 Å². The number of nitrogens with zero attached hydrogens (tertiary/aromatic N) is 1. The first kappa shape index (κ1) is 20.5. The SMILES string of the molecule is O=C1CC(C(=O)NCc2ccccc2S(=O)(=O)N2CCOCC2)c2ccccc2N1. The Bertz CT molecular complexity index is 1060. The van der Waals surface area contributed by atoms with Gasteiger partial charge in [-0.05, 0) is 23.3 Å². The number of fused-ring (bicyclic) bond motifs is 1. The number of anilines is 1. The van der Waals surface area contributed by atoms with Crippen LogP contribution in [0.5, 0.6) is 0 Å². The number of para-hydroxylation sites is 1. The number of benzene rings is 2. The summed E-state index contributed by atoms with van der Waals surface area (Å²) in [6.07, 6.45) is 0.0522. The predicted octanol–water partition coefficient (Wildman–Crippen LogP) is 1.45. The highest BCUT2D eigenvalue weighted by molar-refractivity contribution is 7.89. The van der Waals surface area contributed by atoms with Crippen molar-refractivity contribution >= 4 is 27.5 Å². The zero-order valence-electron chi connectivity index (χ0n) is 16.3. The number of hydrogen-bond donors (Lipinski definition) is 2. The number of morpholine rings is 1. The molecule has 0 aliphatic carbocycles. The van der Waals surface area contributed by atoms with E-state index in [-0.39, 0.29) is 29.7 Å². The van der Waals surface area contributed by atoms with Gasteiger partial charge in [-0.25, -0.2) is 8.42 Å². The average Bonchev–Trinajstić information content (AvgIpc) is 2.77. The van der Waals surface area contributed by atoms with Gasteiger partial charge in [-0.1, -0.05) is 36.4 Å². The van der Waals surface area contributed by atoms with E-state index in [4.69, 9.17) is 4.74 Å². The van der Waals surface area contributed by atoms with Gasteiger partial charge in [0.25, 0.3) is 0 Å². The summed E-state index contributed by atoms with van der Waals surface area (Å²) in [6, 6.07) is 13.8. The molecule has 4 rings (SSSR count). The van der Waals surface area contributed by atoms with Gasteiger partial charge in [0.15, 0.2) is 0 Å². The summed E-state index contributed by atoms with van der Waals surface area (Å²) < 4.78 is 32.8. The van der Waals surface area contributed by atoms with Crippen LogP contribution in [0.25, 0.3) is 0 Å². The van der Waals surface area contributed by atoms with Crippen molar-refractivity contribution in [3.05, 3.63) is 59.7 Å². The van der Waals surface area contributed by atoms with E-state index in [1.165, 1.54) is 4.31 Å². The van der Waals surface area contributed by atoms with Gasteiger partial charge < -0.3 is 15.4 Å². The molecule has 2 aliphatic heterocycles. The smallest absolute Gasteiger partial charge is 0.243 e. The Balaban J connectivity index is 1.52. The lowest BCUT2D eigenvalue weighted by molar-refractivity contribution is -0.126. The van der Waals surface area contributed by atoms with Crippen LogP contribution in [0, 0.1) is 0 Å². The van der Waals surface area contributed by atoms with Gasteiger partial charge in [0, 0.05) is 31.7 Å². The number of carbonyl (C=O) groups excluding carboxylic acids is 2. The van der Waals surface area contributed by atoms with Crippen LogP contribution < -0.4 is 10.6 Å². The summed E-state index contributed by atoms with van der Waals surface area (Å²) in [7, 11) is -3.68. The Morgan fingerprint density at radius 2 is 1.80 bits per heavy atom. The molecule has 2 aromatic carbocycles. The molecule has 2 amide bonds. The van der Waals surface area contributed by atoms with E-state index in [2.05, 4.69) is 10.6 Å². The van der Waals surface area contributed by atoms with E-state index in [0.29, 0.717) is 37.6 Å². The zero-order chi connectivity index (χ0) is 21.1. The number of rotatable bonds is 5. The fourth-order valence-corrected chi connectivity index (χ4v) is 5.41. The van der Waals surface area contributed by atoms with Crippen LogP contribution in [-0.2, 0) is 30.9 Å². The third-order valence-corrected chi connectivity index (χ3v) is 7.33. The zero-order valence-corrected chi connectivity index (χ0v) is 17.2. The molecular weight excluding hydrogens is 406 g/mol. The lowest BCUT2D eigenvalue weighted by Gasteiger charge is -2.27. The van der Waals surface area contributed by atoms with Crippen molar-refractivity contribution in [3.63, 3.8) is 0 Å². The Hall–Kier alpha value is -2.75. The molecule has 2 aromatic rings. The maximum atomic E-state index is 13.1. The lowest BCUT2D eigenvalue weighted by Crippen LogP contribution is -2.41. The molecule has 2 aliphatic rings. The minimum absolute atomic E-state index is 0.0522.